The molecule has 0 aliphatic rings. The average Bonchev–Trinajstić information content (AvgIpc) is 2.92. The normalized spacial score (nSPS) is 12.0. The molecule has 3 rings (SSSR count). The fourth-order valence-corrected chi connectivity index (χ4v) is 3.38. The molecule has 132 valence electrons. The first-order valence-corrected chi connectivity index (χ1v) is 8.57. The van der Waals surface area contributed by atoms with E-state index < -0.39 is 12.0 Å². The number of carboxylic acid groups (broad SMARTS) is 1. The molecule has 0 amide bonds. The third kappa shape index (κ3) is 3.43. The van der Waals surface area contributed by atoms with E-state index in [-0.39, 0.29) is 0 Å². The smallest absolute Gasteiger partial charge is 0.322 e. The van der Waals surface area contributed by atoms with Gasteiger partial charge in [0, 0.05) is 29.6 Å². The highest BCUT2D eigenvalue weighted by atomic mass is 35.5. The number of nitriles is 1. The van der Waals surface area contributed by atoms with Crippen molar-refractivity contribution in [2.75, 3.05) is 0 Å². The van der Waals surface area contributed by atoms with Crippen LogP contribution in [-0.4, -0.2) is 21.7 Å². The van der Waals surface area contributed by atoms with Crippen LogP contribution in [0.15, 0.2) is 48.5 Å². The van der Waals surface area contributed by atoms with Gasteiger partial charge in [0.25, 0.3) is 0 Å². The molecule has 1 aromatic heterocycles. The Labute approximate surface area is 156 Å². The molecule has 0 unspecified atom stereocenters. The van der Waals surface area contributed by atoms with Crippen LogP contribution >= 0.6 is 11.8 Å². The Morgan fingerprint density at radius 1 is 1.27 bits per heavy atom. The molecule has 0 fully saturated rings. The monoisotopic (exact) mass is 367 g/mol. The zero-order valence-corrected chi connectivity index (χ0v) is 15.0. The molecule has 0 radical (unpaired) electrons. The number of halogens is 1. The highest BCUT2D eigenvalue weighted by Crippen LogP contribution is 2.28. The Balaban J connectivity index is 2.04. The Kier molecular flexibility index (Phi) is 5.27. The molecule has 0 spiro atoms. The molecule has 1 atom stereocenters. The topological polar surface area (TPSA) is 78.0 Å². The van der Waals surface area contributed by atoms with Gasteiger partial charge in [0.2, 0.25) is 0 Å². The van der Waals surface area contributed by atoms with E-state index in [0.717, 1.165) is 27.7 Å². The minimum Gasteiger partial charge on any atom is -0.480 e. The summed E-state index contributed by atoms with van der Waals surface area (Å²) in [4.78, 5) is 13.7. The summed E-state index contributed by atoms with van der Waals surface area (Å²) in [6, 6.07) is 16.7. The first-order chi connectivity index (χ1) is 12.5. The molecule has 26 heavy (non-hydrogen) atoms. The summed E-state index contributed by atoms with van der Waals surface area (Å²) in [5, 5.41) is 19.3. The van der Waals surface area contributed by atoms with E-state index in [1.807, 2.05) is 43.3 Å². The number of benzene rings is 2. The van der Waals surface area contributed by atoms with Crippen molar-refractivity contribution in [3.05, 3.63) is 70.9 Å². The van der Waals surface area contributed by atoms with Gasteiger partial charge in [-0.15, -0.1) is 0 Å². The van der Waals surface area contributed by atoms with E-state index in [1.54, 1.807) is 12.1 Å². The Bertz CT molecular complexity index is 987. The third-order valence-electron chi connectivity index (χ3n) is 4.62. The first-order valence-electron chi connectivity index (χ1n) is 8.20. The lowest BCUT2D eigenvalue weighted by Crippen LogP contribution is -2.32. The second-order valence-corrected chi connectivity index (χ2v) is 6.40. The Morgan fingerprint density at radius 2 is 1.96 bits per heavy atom. The molecule has 2 aromatic carbocycles. The summed E-state index contributed by atoms with van der Waals surface area (Å²) in [7, 11) is 0. The number of carbonyl (C=O) groups is 1. The number of nitrogens with zero attached hydrogens (tertiary/aromatic N) is 2. The standard InChI is InChI=1S/C20H18ClN3O2/c1-13-17(10-18(23-21)20(25)26)16-4-2-3-5-19(16)24(13)12-15-8-6-14(11-22)7-9-15/h2-9,18,23H,10,12H2,1H3,(H,25,26)/t18-/m0/s1. The molecule has 3 aromatic rings. The van der Waals surface area contributed by atoms with Crippen molar-refractivity contribution in [3.63, 3.8) is 0 Å². The summed E-state index contributed by atoms with van der Waals surface area (Å²) in [6.07, 6.45) is 0.297. The molecular formula is C20H18ClN3O2. The van der Waals surface area contributed by atoms with Crippen LogP contribution in [-0.2, 0) is 17.8 Å². The van der Waals surface area contributed by atoms with Gasteiger partial charge in [0.05, 0.1) is 11.6 Å². The van der Waals surface area contributed by atoms with Crippen LogP contribution in [0.25, 0.3) is 10.9 Å². The van der Waals surface area contributed by atoms with Gasteiger partial charge in [-0.25, -0.2) is 4.84 Å². The fourth-order valence-electron chi connectivity index (χ4n) is 3.21. The molecule has 0 aliphatic heterocycles. The van der Waals surface area contributed by atoms with Gasteiger partial charge >= 0.3 is 5.97 Å². The predicted molar refractivity (Wildman–Crippen MR) is 101 cm³/mol. The van der Waals surface area contributed by atoms with Crippen molar-refractivity contribution in [1.82, 2.24) is 9.40 Å². The van der Waals surface area contributed by atoms with E-state index in [9.17, 15) is 9.90 Å². The SMILES string of the molecule is Cc1c(C[C@H](NCl)C(=O)O)c2ccccc2n1Cc1ccc(C#N)cc1. The molecule has 0 bridgehead atoms. The van der Waals surface area contributed by atoms with Gasteiger partial charge in [-0.05, 0) is 48.0 Å². The van der Waals surface area contributed by atoms with Crippen LogP contribution in [0.4, 0.5) is 0 Å². The highest BCUT2D eigenvalue weighted by molar-refractivity contribution is 6.14. The van der Waals surface area contributed by atoms with Crippen LogP contribution in [0.3, 0.4) is 0 Å². The van der Waals surface area contributed by atoms with Crippen molar-refractivity contribution in [2.45, 2.75) is 25.9 Å². The van der Waals surface area contributed by atoms with Crippen molar-refractivity contribution < 1.29 is 9.90 Å². The van der Waals surface area contributed by atoms with Crippen molar-refractivity contribution in [2.24, 2.45) is 0 Å². The molecule has 5 nitrogen and oxygen atoms in total. The maximum Gasteiger partial charge on any atom is 0.322 e. The van der Waals surface area contributed by atoms with Crippen LogP contribution in [0.1, 0.15) is 22.4 Å². The maximum absolute atomic E-state index is 11.4. The van der Waals surface area contributed by atoms with Gasteiger partial charge in [0.15, 0.2) is 0 Å². The van der Waals surface area contributed by atoms with E-state index in [1.165, 1.54) is 0 Å². The number of carboxylic acids is 1. The van der Waals surface area contributed by atoms with Crippen molar-refractivity contribution >= 4 is 28.6 Å². The van der Waals surface area contributed by atoms with Crippen molar-refractivity contribution in [3.8, 4) is 6.07 Å². The van der Waals surface area contributed by atoms with Gasteiger partial charge in [-0.1, -0.05) is 30.3 Å². The average molecular weight is 368 g/mol. The van der Waals surface area contributed by atoms with E-state index in [2.05, 4.69) is 15.5 Å². The number of aromatic nitrogens is 1. The number of hydrogen-bond acceptors (Lipinski definition) is 3. The van der Waals surface area contributed by atoms with Gasteiger partial charge in [-0.2, -0.15) is 5.26 Å². The van der Waals surface area contributed by atoms with Crippen LogP contribution in [0, 0.1) is 18.3 Å². The number of aliphatic carboxylic acids is 1. The van der Waals surface area contributed by atoms with E-state index in [4.69, 9.17) is 17.0 Å². The summed E-state index contributed by atoms with van der Waals surface area (Å²) in [5.74, 6) is -0.983. The molecule has 0 saturated heterocycles. The molecule has 0 aliphatic carbocycles. The Hall–Kier alpha value is -2.81. The number of hydrogen-bond donors (Lipinski definition) is 2. The van der Waals surface area contributed by atoms with Gasteiger partial charge in [0.1, 0.15) is 6.04 Å². The van der Waals surface area contributed by atoms with Crippen LogP contribution < -0.4 is 4.84 Å². The zero-order valence-electron chi connectivity index (χ0n) is 14.2. The minimum atomic E-state index is -0.983. The lowest BCUT2D eigenvalue weighted by molar-refractivity contribution is -0.138. The summed E-state index contributed by atoms with van der Waals surface area (Å²) in [5.41, 5.74) is 4.72. The second kappa shape index (κ2) is 7.61. The van der Waals surface area contributed by atoms with Crippen LogP contribution in [0.5, 0.6) is 0 Å². The zero-order chi connectivity index (χ0) is 18.7. The Morgan fingerprint density at radius 3 is 2.58 bits per heavy atom. The number of rotatable bonds is 6. The molecule has 1 heterocycles. The lowest BCUT2D eigenvalue weighted by atomic mass is 10.0. The lowest BCUT2D eigenvalue weighted by Gasteiger charge is -2.11. The largest absolute Gasteiger partial charge is 0.480 e. The number of fused-ring (bicyclic) bond motifs is 1. The third-order valence-corrected chi connectivity index (χ3v) is 4.89. The molecular weight excluding hydrogens is 350 g/mol. The minimum absolute atomic E-state index is 0.297. The first kappa shape index (κ1) is 18.0. The fraction of sp³-hybridized carbons (Fsp3) is 0.200. The predicted octanol–water partition coefficient (Wildman–Crippen LogP) is 3.61. The van der Waals surface area contributed by atoms with Crippen LogP contribution in [0.2, 0.25) is 0 Å². The quantitative estimate of drug-likeness (QED) is 0.652. The molecule has 6 heteroatoms. The van der Waals surface area contributed by atoms with E-state index >= 15 is 0 Å². The van der Waals surface area contributed by atoms with Crippen molar-refractivity contribution in [1.29, 1.82) is 5.26 Å². The van der Waals surface area contributed by atoms with Gasteiger partial charge in [-0.3, -0.25) is 4.79 Å². The molecule has 2 N–H and O–H groups in total. The van der Waals surface area contributed by atoms with E-state index in [0.29, 0.717) is 18.5 Å². The number of nitrogens with one attached hydrogen (secondary N) is 1. The van der Waals surface area contributed by atoms with Gasteiger partial charge < -0.3 is 9.67 Å². The highest BCUT2D eigenvalue weighted by Gasteiger charge is 2.22. The number of para-hydroxylation sites is 1. The summed E-state index contributed by atoms with van der Waals surface area (Å²) in [6.45, 7) is 2.64. The summed E-state index contributed by atoms with van der Waals surface area (Å²) < 4.78 is 2.17. The second-order valence-electron chi connectivity index (χ2n) is 6.18. The summed E-state index contributed by atoms with van der Waals surface area (Å²) >= 11 is 5.62. The maximum atomic E-state index is 11.4. The molecule has 0 saturated carbocycles.